The first kappa shape index (κ1) is 13.3. The van der Waals surface area contributed by atoms with Crippen LogP contribution in [0, 0.1) is 0 Å². The van der Waals surface area contributed by atoms with E-state index in [0.717, 1.165) is 0 Å². The summed E-state index contributed by atoms with van der Waals surface area (Å²) in [4.78, 5) is 15.3. The van der Waals surface area contributed by atoms with Gasteiger partial charge in [0.15, 0.2) is 6.29 Å². The van der Waals surface area contributed by atoms with E-state index < -0.39 is 43.2 Å². The molecule has 6 N–H and O–H groups in total. The lowest BCUT2D eigenvalue weighted by atomic mass is 9.97. The Labute approximate surface area is 91.9 Å². The Morgan fingerprint density at radius 3 is 2.56 bits per heavy atom. The molecule has 1 aliphatic rings. The average molecular weight is 236 g/mol. The van der Waals surface area contributed by atoms with Crippen LogP contribution in [0.3, 0.4) is 0 Å². The van der Waals surface area contributed by atoms with E-state index in [0.29, 0.717) is 0 Å². The minimum Gasteiger partial charge on any atom is -0.394 e. The molecule has 1 fully saturated rings. The van der Waals surface area contributed by atoms with Gasteiger partial charge < -0.3 is 25.4 Å². The molecular weight excluding hydrogens is 220 g/mol. The molecule has 0 spiro atoms. The van der Waals surface area contributed by atoms with Gasteiger partial charge >= 0.3 is 0 Å². The maximum atomic E-state index is 10.9. The van der Waals surface area contributed by atoms with Gasteiger partial charge in [0.25, 0.3) is 0 Å². The predicted molar refractivity (Wildman–Crippen MR) is 50.6 cm³/mol. The number of nitrogens with one attached hydrogen (secondary N) is 1. The van der Waals surface area contributed by atoms with Crippen molar-refractivity contribution >= 4 is 5.91 Å². The van der Waals surface area contributed by atoms with Crippen LogP contribution < -0.4 is 11.2 Å². The van der Waals surface area contributed by atoms with E-state index in [1.54, 1.807) is 0 Å². The van der Waals surface area contributed by atoms with Crippen molar-refractivity contribution < 1.29 is 29.7 Å². The van der Waals surface area contributed by atoms with Crippen molar-refractivity contribution in [1.29, 1.82) is 0 Å². The number of nitrogens with two attached hydrogens (primary N) is 1. The fourth-order valence-corrected chi connectivity index (χ4v) is 1.59. The highest BCUT2D eigenvalue weighted by Crippen LogP contribution is 2.20. The molecule has 0 radical (unpaired) electrons. The van der Waals surface area contributed by atoms with Gasteiger partial charge in [0, 0.05) is 6.92 Å². The first-order valence-corrected chi connectivity index (χ1v) is 4.76. The summed E-state index contributed by atoms with van der Waals surface area (Å²) >= 11 is 0. The number of rotatable bonds is 3. The molecular formula is C8H16N2O6. The zero-order chi connectivity index (χ0) is 12.3. The average Bonchev–Trinajstić information content (AvgIpc) is 2.25. The molecule has 16 heavy (non-hydrogen) atoms. The zero-order valence-electron chi connectivity index (χ0n) is 8.74. The monoisotopic (exact) mass is 236 g/mol. The van der Waals surface area contributed by atoms with E-state index in [9.17, 15) is 15.0 Å². The van der Waals surface area contributed by atoms with Gasteiger partial charge in [0.2, 0.25) is 5.91 Å². The number of aliphatic hydroxyl groups excluding tert-OH is 3. The van der Waals surface area contributed by atoms with E-state index in [1.165, 1.54) is 6.92 Å². The molecule has 1 amide bonds. The molecule has 1 heterocycles. The number of hydrogen-bond donors (Lipinski definition) is 5. The Kier molecular flexibility index (Phi) is 4.59. The van der Waals surface area contributed by atoms with Crippen molar-refractivity contribution in [2.75, 3.05) is 6.61 Å². The number of carbonyl (C=O) groups is 1. The molecule has 1 saturated heterocycles. The molecule has 0 aliphatic carbocycles. The summed E-state index contributed by atoms with van der Waals surface area (Å²) in [5.74, 6) is 4.52. The third-order valence-corrected chi connectivity index (χ3v) is 2.38. The lowest BCUT2D eigenvalue weighted by Crippen LogP contribution is -2.65. The van der Waals surface area contributed by atoms with Crippen molar-refractivity contribution in [2.24, 2.45) is 5.90 Å². The molecule has 0 bridgehead atoms. The first-order chi connectivity index (χ1) is 7.51. The molecule has 0 aromatic rings. The smallest absolute Gasteiger partial charge is 0.217 e. The Morgan fingerprint density at radius 1 is 1.50 bits per heavy atom. The lowest BCUT2D eigenvalue weighted by Gasteiger charge is -2.41. The van der Waals surface area contributed by atoms with Crippen LogP contribution in [0.4, 0.5) is 0 Å². The first-order valence-electron chi connectivity index (χ1n) is 4.76. The van der Waals surface area contributed by atoms with E-state index in [-0.39, 0.29) is 0 Å². The Balaban J connectivity index is 2.77. The number of amides is 1. The van der Waals surface area contributed by atoms with Crippen LogP contribution in [0.5, 0.6) is 0 Å². The largest absolute Gasteiger partial charge is 0.394 e. The molecule has 0 unspecified atom stereocenters. The maximum Gasteiger partial charge on any atom is 0.217 e. The highest BCUT2D eigenvalue weighted by atomic mass is 16.8. The third-order valence-electron chi connectivity index (χ3n) is 2.38. The quantitative estimate of drug-likeness (QED) is 0.326. The van der Waals surface area contributed by atoms with Gasteiger partial charge in [-0.05, 0) is 0 Å². The van der Waals surface area contributed by atoms with Crippen LogP contribution in [0.2, 0.25) is 0 Å². The summed E-state index contributed by atoms with van der Waals surface area (Å²) in [6, 6.07) is -0.986. The Hall–Kier alpha value is -0.770. The van der Waals surface area contributed by atoms with Gasteiger partial charge in [-0.25, -0.2) is 5.90 Å². The van der Waals surface area contributed by atoms with Crippen molar-refractivity contribution in [3.63, 3.8) is 0 Å². The maximum absolute atomic E-state index is 10.9. The summed E-state index contributed by atoms with van der Waals surface area (Å²) < 4.78 is 5.06. The van der Waals surface area contributed by atoms with Crippen molar-refractivity contribution in [2.45, 2.75) is 37.6 Å². The van der Waals surface area contributed by atoms with Gasteiger partial charge in [-0.2, -0.15) is 0 Å². The number of hydrogen-bond acceptors (Lipinski definition) is 7. The van der Waals surface area contributed by atoms with Crippen LogP contribution in [0.15, 0.2) is 0 Å². The Morgan fingerprint density at radius 2 is 2.12 bits per heavy atom. The predicted octanol–water partition coefficient (Wildman–Crippen LogP) is -3.18. The summed E-state index contributed by atoms with van der Waals surface area (Å²) in [6.07, 6.45) is -4.79. The molecule has 8 nitrogen and oxygen atoms in total. The summed E-state index contributed by atoms with van der Waals surface area (Å²) in [5.41, 5.74) is 0. The van der Waals surface area contributed by atoms with Gasteiger partial charge in [-0.1, -0.05) is 0 Å². The summed E-state index contributed by atoms with van der Waals surface area (Å²) in [6.45, 7) is 0.746. The molecule has 0 aromatic heterocycles. The standard InChI is InChI=1S/C8H16N2O6/c1-3(12)10-5-7(14)6(13)4(2-11)15-8(5)16-9/h4-8,11,13-14H,2,9H2,1H3,(H,10,12)/t4-,5+,6+,7-,8+/m1/s1. The van der Waals surface area contributed by atoms with Gasteiger partial charge in [0.1, 0.15) is 24.4 Å². The molecule has 5 atom stereocenters. The van der Waals surface area contributed by atoms with Gasteiger partial charge in [-0.3, -0.25) is 9.63 Å². The molecule has 0 aromatic carbocycles. The fourth-order valence-electron chi connectivity index (χ4n) is 1.59. The van der Waals surface area contributed by atoms with Crippen LogP contribution in [-0.2, 0) is 14.4 Å². The van der Waals surface area contributed by atoms with E-state index in [4.69, 9.17) is 15.7 Å². The Bertz CT molecular complexity index is 249. The van der Waals surface area contributed by atoms with Crippen LogP contribution in [0.25, 0.3) is 0 Å². The minimum atomic E-state index is -1.33. The highest BCUT2D eigenvalue weighted by Gasteiger charge is 2.45. The normalized spacial score (nSPS) is 39.4. The second-order valence-corrected chi connectivity index (χ2v) is 3.57. The van der Waals surface area contributed by atoms with Crippen molar-refractivity contribution in [1.82, 2.24) is 5.32 Å². The topological polar surface area (TPSA) is 134 Å². The number of carbonyl (C=O) groups excluding carboxylic acids is 1. The SMILES string of the molecule is CC(=O)N[C@@H]1[C@H](ON)O[C@H](CO)[C@H](O)[C@@H]1O. The molecule has 8 heteroatoms. The van der Waals surface area contributed by atoms with Crippen LogP contribution in [0.1, 0.15) is 6.92 Å². The molecule has 1 aliphatic heterocycles. The number of aliphatic hydroxyl groups is 3. The van der Waals surface area contributed by atoms with Crippen molar-refractivity contribution in [3.8, 4) is 0 Å². The van der Waals surface area contributed by atoms with Crippen LogP contribution >= 0.6 is 0 Å². The third kappa shape index (κ3) is 2.67. The fraction of sp³-hybridized carbons (Fsp3) is 0.875. The van der Waals surface area contributed by atoms with E-state index in [2.05, 4.69) is 10.2 Å². The van der Waals surface area contributed by atoms with E-state index in [1.807, 2.05) is 0 Å². The van der Waals surface area contributed by atoms with Gasteiger partial charge in [0.05, 0.1) is 6.61 Å². The van der Waals surface area contributed by atoms with Gasteiger partial charge in [-0.15, -0.1) is 0 Å². The zero-order valence-corrected chi connectivity index (χ0v) is 8.74. The molecule has 1 rings (SSSR count). The molecule has 94 valence electrons. The summed E-state index contributed by atoms with van der Waals surface area (Å²) in [5, 5.41) is 30.5. The molecule has 0 saturated carbocycles. The van der Waals surface area contributed by atoms with E-state index >= 15 is 0 Å². The minimum absolute atomic E-state index is 0.427. The summed E-state index contributed by atoms with van der Waals surface area (Å²) in [7, 11) is 0. The second-order valence-electron chi connectivity index (χ2n) is 3.57. The lowest BCUT2D eigenvalue weighted by molar-refractivity contribution is -0.271. The van der Waals surface area contributed by atoms with Crippen LogP contribution in [-0.4, -0.2) is 58.5 Å². The highest BCUT2D eigenvalue weighted by molar-refractivity contribution is 5.73. The van der Waals surface area contributed by atoms with Crippen molar-refractivity contribution in [3.05, 3.63) is 0 Å². The second kappa shape index (κ2) is 5.53. The number of ether oxygens (including phenoxy) is 1.